The van der Waals surface area contributed by atoms with Crippen molar-refractivity contribution in [3.05, 3.63) is 101 Å². The van der Waals surface area contributed by atoms with Gasteiger partial charge in [-0.2, -0.15) is 13.5 Å². The summed E-state index contributed by atoms with van der Waals surface area (Å²) in [5, 5.41) is 6.61. The van der Waals surface area contributed by atoms with E-state index in [9.17, 15) is 18.0 Å². The average molecular weight is 611 g/mol. The highest BCUT2D eigenvalue weighted by Crippen LogP contribution is 2.38. The lowest BCUT2D eigenvalue weighted by Gasteiger charge is -2.13. The van der Waals surface area contributed by atoms with E-state index in [4.69, 9.17) is 8.92 Å². The van der Waals surface area contributed by atoms with Crippen LogP contribution >= 0.6 is 15.9 Å². The lowest BCUT2D eigenvalue weighted by molar-refractivity contribution is -0.114. The first-order valence-electron chi connectivity index (χ1n) is 11.4. The van der Waals surface area contributed by atoms with Gasteiger partial charge in [0.15, 0.2) is 11.5 Å². The number of carbonyl (C=O) groups is 2. The molecule has 0 bridgehead atoms. The summed E-state index contributed by atoms with van der Waals surface area (Å²) in [4.78, 5) is 23.9. The minimum atomic E-state index is -4.22. The van der Waals surface area contributed by atoms with E-state index in [-0.39, 0.29) is 26.8 Å². The number of amides is 2. The van der Waals surface area contributed by atoms with Crippen molar-refractivity contribution in [1.29, 1.82) is 0 Å². The number of halogens is 1. The molecule has 1 heterocycles. The number of hydrogen-bond donors (Lipinski definition) is 2. The molecular formula is C27H23BrN4O6S. The Morgan fingerprint density at radius 1 is 1.00 bits per heavy atom. The second-order valence-corrected chi connectivity index (χ2v) is 10.5. The number of nitrogens with zero attached hydrogens (tertiary/aromatic N) is 2. The van der Waals surface area contributed by atoms with Gasteiger partial charge in [-0.25, -0.2) is 5.43 Å². The molecule has 0 saturated heterocycles. The molecule has 1 aromatic heterocycles. The van der Waals surface area contributed by atoms with Gasteiger partial charge in [0, 0.05) is 25.0 Å². The number of carbonyl (C=O) groups excluding carboxylic acids is 2. The zero-order valence-electron chi connectivity index (χ0n) is 20.8. The van der Waals surface area contributed by atoms with Gasteiger partial charge in [0.25, 0.3) is 5.91 Å². The summed E-state index contributed by atoms with van der Waals surface area (Å²) < 4.78 is 38.6. The third kappa shape index (κ3) is 6.72. The van der Waals surface area contributed by atoms with Crippen LogP contribution in [0.15, 0.2) is 99.7 Å². The summed E-state index contributed by atoms with van der Waals surface area (Å²) in [5.74, 6) is -0.628. The fourth-order valence-electron chi connectivity index (χ4n) is 3.57. The van der Waals surface area contributed by atoms with Crippen LogP contribution in [0.3, 0.4) is 0 Å². The fourth-order valence-corrected chi connectivity index (χ4v) is 5.18. The quantitative estimate of drug-likeness (QED) is 0.160. The lowest BCUT2D eigenvalue weighted by atomic mass is 10.1. The van der Waals surface area contributed by atoms with Gasteiger partial charge in [-0.3, -0.25) is 9.59 Å². The van der Waals surface area contributed by atoms with Gasteiger partial charge in [-0.1, -0.05) is 12.1 Å². The molecule has 10 nitrogen and oxygen atoms in total. The molecule has 4 rings (SSSR count). The van der Waals surface area contributed by atoms with Gasteiger partial charge in [-0.15, -0.1) is 0 Å². The first-order chi connectivity index (χ1) is 18.7. The second kappa shape index (κ2) is 12.0. The smallest absolute Gasteiger partial charge is 0.339 e. The Balaban J connectivity index is 1.50. The van der Waals surface area contributed by atoms with Crippen LogP contribution in [0.1, 0.15) is 22.8 Å². The Morgan fingerprint density at radius 2 is 1.69 bits per heavy atom. The van der Waals surface area contributed by atoms with E-state index < -0.39 is 16.0 Å². The molecule has 39 heavy (non-hydrogen) atoms. The number of ether oxygens (including phenoxy) is 1. The molecular weight excluding hydrogens is 588 g/mol. The normalized spacial score (nSPS) is 11.3. The minimum absolute atomic E-state index is 0.0646. The Hall–Kier alpha value is -4.42. The molecule has 3 aromatic carbocycles. The summed E-state index contributed by atoms with van der Waals surface area (Å²) in [6.45, 7) is 1.35. The van der Waals surface area contributed by atoms with E-state index in [1.54, 1.807) is 18.2 Å². The second-order valence-electron chi connectivity index (χ2n) is 8.08. The van der Waals surface area contributed by atoms with Crippen LogP contribution in [0.4, 0.5) is 5.69 Å². The van der Waals surface area contributed by atoms with Crippen LogP contribution in [0.2, 0.25) is 0 Å². The number of hydrazone groups is 1. The Kier molecular flexibility index (Phi) is 8.47. The van der Waals surface area contributed by atoms with Crippen molar-refractivity contribution in [2.45, 2.75) is 11.8 Å². The fraction of sp³-hybridized carbons (Fsp3) is 0.0741. The van der Waals surface area contributed by atoms with Crippen LogP contribution in [-0.2, 0) is 14.9 Å². The van der Waals surface area contributed by atoms with E-state index in [0.29, 0.717) is 22.5 Å². The van der Waals surface area contributed by atoms with E-state index in [2.05, 4.69) is 31.8 Å². The van der Waals surface area contributed by atoms with Gasteiger partial charge in [0.1, 0.15) is 4.90 Å². The molecule has 2 N–H and O–H groups in total. The molecule has 0 aliphatic heterocycles. The largest absolute Gasteiger partial charge is 0.493 e. The molecule has 2 amide bonds. The lowest BCUT2D eigenvalue weighted by Crippen LogP contribution is -2.19. The minimum Gasteiger partial charge on any atom is -0.493 e. The van der Waals surface area contributed by atoms with Gasteiger partial charge in [0.05, 0.1) is 29.0 Å². The SMILES string of the molecule is COc1cc(/C=N\NC(=O)c2ccccc2-n2cccc2)cc(Br)c1OS(=O)(=O)c1ccc(NC(C)=O)cc1. The average Bonchev–Trinajstić information content (AvgIpc) is 3.45. The predicted molar refractivity (Wildman–Crippen MR) is 150 cm³/mol. The van der Waals surface area contributed by atoms with Gasteiger partial charge < -0.3 is 18.8 Å². The Bertz CT molecular complexity index is 1640. The van der Waals surface area contributed by atoms with E-state index in [1.807, 2.05) is 41.2 Å². The number of para-hydroxylation sites is 1. The third-order valence-electron chi connectivity index (χ3n) is 5.32. The molecule has 0 unspecified atom stereocenters. The van der Waals surface area contributed by atoms with E-state index in [0.717, 1.165) is 0 Å². The van der Waals surface area contributed by atoms with Crippen molar-refractivity contribution in [3.63, 3.8) is 0 Å². The zero-order valence-corrected chi connectivity index (χ0v) is 23.2. The van der Waals surface area contributed by atoms with Gasteiger partial charge in [0.2, 0.25) is 5.91 Å². The number of anilines is 1. The highest BCUT2D eigenvalue weighted by Gasteiger charge is 2.22. The van der Waals surface area contributed by atoms with Gasteiger partial charge in [-0.05, 0) is 82.2 Å². The molecule has 0 aliphatic rings. The molecule has 0 aliphatic carbocycles. The van der Waals surface area contributed by atoms with Crippen molar-refractivity contribution in [3.8, 4) is 17.2 Å². The van der Waals surface area contributed by atoms with E-state index >= 15 is 0 Å². The van der Waals surface area contributed by atoms with Crippen LogP contribution < -0.4 is 19.7 Å². The Morgan fingerprint density at radius 3 is 2.36 bits per heavy atom. The first-order valence-corrected chi connectivity index (χ1v) is 13.6. The Labute approximate surface area is 233 Å². The molecule has 200 valence electrons. The van der Waals surface area contributed by atoms with Crippen molar-refractivity contribution >= 4 is 49.8 Å². The van der Waals surface area contributed by atoms with Crippen LogP contribution in [0, 0.1) is 0 Å². The molecule has 0 radical (unpaired) electrons. The van der Waals surface area contributed by atoms with Crippen LogP contribution in [0.25, 0.3) is 5.69 Å². The number of rotatable bonds is 9. The van der Waals surface area contributed by atoms with Crippen LogP contribution in [-0.4, -0.2) is 38.1 Å². The summed E-state index contributed by atoms with van der Waals surface area (Å²) in [6, 6.07) is 19.5. The maximum Gasteiger partial charge on any atom is 0.339 e. The maximum atomic E-state index is 12.9. The maximum absolute atomic E-state index is 12.9. The molecule has 0 fully saturated rings. The summed E-state index contributed by atoms with van der Waals surface area (Å²) >= 11 is 3.32. The molecule has 0 atom stereocenters. The van der Waals surface area contributed by atoms with E-state index in [1.165, 1.54) is 50.6 Å². The molecule has 0 spiro atoms. The van der Waals surface area contributed by atoms with Crippen molar-refractivity contribution in [2.75, 3.05) is 12.4 Å². The number of benzene rings is 3. The standard InChI is InChI=1S/C27H23BrN4O6S/c1-18(33)30-20-9-11-21(12-10-20)39(35,36)38-26-23(28)15-19(16-25(26)37-2)17-29-31-27(34)22-7-3-4-8-24(22)32-13-5-6-14-32/h3-17H,1-2H3,(H,30,33)(H,31,34)/b29-17-. The zero-order chi connectivity index (χ0) is 28.0. The summed E-state index contributed by atoms with van der Waals surface area (Å²) in [5.41, 5.74) is 4.59. The molecule has 4 aromatic rings. The van der Waals surface area contributed by atoms with Crippen molar-refractivity contribution < 1.29 is 26.9 Å². The van der Waals surface area contributed by atoms with Crippen molar-refractivity contribution in [2.24, 2.45) is 5.10 Å². The number of hydrogen-bond acceptors (Lipinski definition) is 7. The topological polar surface area (TPSA) is 128 Å². The first kappa shape index (κ1) is 27.6. The molecule has 12 heteroatoms. The number of nitrogens with one attached hydrogen (secondary N) is 2. The summed E-state index contributed by atoms with van der Waals surface area (Å²) in [7, 11) is -2.86. The monoisotopic (exact) mass is 610 g/mol. The molecule has 0 saturated carbocycles. The number of aromatic nitrogens is 1. The highest BCUT2D eigenvalue weighted by atomic mass is 79.9. The third-order valence-corrected chi connectivity index (χ3v) is 7.14. The predicted octanol–water partition coefficient (Wildman–Crippen LogP) is 4.74. The van der Waals surface area contributed by atoms with Gasteiger partial charge >= 0.3 is 10.1 Å². The summed E-state index contributed by atoms with van der Waals surface area (Å²) in [6.07, 6.45) is 5.07. The van der Waals surface area contributed by atoms with Crippen molar-refractivity contribution in [1.82, 2.24) is 9.99 Å². The highest BCUT2D eigenvalue weighted by molar-refractivity contribution is 9.10. The number of methoxy groups -OCH3 is 1. The van der Waals surface area contributed by atoms with Crippen LogP contribution in [0.5, 0.6) is 11.5 Å².